The summed E-state index contributed by atoms with van der Waals surface area (Å²) in [5, 5.41) is 9.01. The van der Waals surface area contributed by atoms with Gasteiger partial charge in [0, 0.05) is 43.4 Å². The largest absolute Gasteiger partial charge is 0.454 e. The summed E-state index contributed by atoms with van der Waals surface area (Å²) >= 11 is 0. The van der Waals surface area contributed by atoms with E-state index >= 15 is 0 Å². The Labute approximate surface area is 349 Å². The minimum Gasteiger partial charge on any atom is -0.454 e. The third kappa shape index (κ3) is 5.12. The molecule has 0 saturated carbocycles. The predicted molar refractivity (Wildman–Crippen MR) is 250 cm³/mol. The van der Waals surface area contributed by atoms with E-state index in [9.17, 15) is 0 Å². The van der Waals surface area contributed by atoms with Crippen molar-refractivity contribution in [1.29, 1.82) is 0 Å². The molecule has 6 nitrogen and oxygen atoms in total. The van der Waals surface area contributed by atoms with Crippen molar-refractivity contribution in [3.05, 3.63) is 200 Å². The van der Waals surface area contributed by atoms with Gasteiger partial charge in [-0.2, -0.15) is 9.97 Å². The van der Waals surface area contributed by atoms with Gasteiger partial charge in [-0.05, 0) is 70.4 Å². The van der Waals surface area contributed by atoms with Gasteiger partial charge >= 0.3 is 0 Å². The highest BCUT2D eigenvalue weighted by atomic mass is 16.3. The number of benzene rings is 9. The first-order chi connectivity index (χ1) is 30.2. The molecular formula is C55H33N5O. The first-order valence-electron chi connectivity index (χ1n) is 20.5. The molecule has 0 N–H and O–H groups in total. The molecule has 13 aromatic rings. The Bertz CT molecular complexity index is 3820. The van der Waals surface area contributed by atoms with E-state index in [4.69, 9.17) is 19.4 Å². The number of para-hydroxylation sites is 4. The van der Waals surface area contributed by atoms with E-state index in [1.807, 2.05) is 18.2 Å². The fraction of sp³-hybridized carbons (Fsp3) is 0. The summed E-state index contributed by atoms with van der Waals surface area (Å²) in [5.74, 6) is 1.65. The topological polar surface area (TPSA) is 61.7 Å². The molecule has 4 aromatic heterocycles. The quantitative estimate of drug-likeness (QED) is 0.175. The molecule has 0 unspecified atom stereocenters. The van der Waals surface area contributed by atoms with E-state index in [-0.39, 0.29) is 0 Å². The zero-order valence-electron chi connectivity index (χ0n) is 32.7. The highest BCUT2D eigenvalue weighted by Gasteiger charge is 2.25. The standard InChI is InChI=1S/C55H33N5O/c1-2-14-34(15-3-1)35-26-28-36(29-27-35)53-56-54(58-55(57-53)60-47-23-11-6-18-39(47)40-19-7-12-24-48(40)60)44-31-30-43-42-21-9-13-25-50(42)61-52(43)51(44)59-46-22-10-8-20-41(46)45-32-37-16-4-5-17-38(37)33-49(45)59/h1-33H. The monoisotopic (exact) mass is 779 g/mol. The van der Waals surface area contributed by atoms with Gasteiger partial charge in [-0.25, -0.2) is 4.98 Å². The summed E-state index contributed by atoms with van der Waals surface area (Å²) < 4.78 is 11.5. The van der Waals surface area contributed by atoms with E-state index in [2.05, 4.69) is 191 Å². The minimum atomic E-state index is 0.536. The number of fused-ring (bicyclic) bond motifs is 10. The number of aromatic nitrogens is 5. The number of hydrogen-bond acceptors (Lipinski definition) is 4. The molecule has 0 aliphatic heterocycles. The maximum atomic E-state index is 6.95. The normalized spacial score (nSPS) is 11.9. The van der Waals surface area contributed by atoms with Crippen molar-refractivity contribution in [3.8, 4) is 45.5 Å². The Morgan fingerprint density at radius 2 is 0.885 bits per heavy atom. The zero-order chi connectivity index (χ0) is 40.0. The van der Waals surface area contributed by atoms with Crippen LogP contribution in [-0.4, -0.2) is 24.1 Å². The number of nitrogens with zero attached hydrogens (tertiary/aromatic N) is 5. The van der Waals surface area contributed by atoms with Crippen LogP contribution in [0, 0.1) is 0 Å². The summed E-state index contributed by atoms with van der Waals surface area (Å²) in [4.78, 5) is 16.2. The van der Waals surface area contributed by atoms with Gasteiger partial charge in [-0.15, -0.1) is 0 Å². The SMILES string of the molecule is c1ccc(-c2ccc(-c3nc(-c4ccc5c(oc6ccccc65)c4-n4c5ccccc5c5cc6ccccc6cc54)nc(-n4c5ccccc5c5ccccc54)n3)cc2)cc1. The highest BCUT2D eigenvalue weighted by Crippen LogP contribution is 2.43. The van der Waals surface area contributed by atoms with Gasteiger partial charge in [0.1, 0.15) is 11.3 Å². The lowest BCUT2D eigenvalue weighted by Gasteiger charge is -2.16. The van der Waals surface area contributed by atoms with Crippen LogP contribution >= 0.6 is 0 Å². The smallest absolute Gasteiger partial charge is 0.238 e. The molecule has 4 heterocycles. The van der Waals surface area contributed by atoms with Gasteiger partial charge in [0.2, 0.25) is 5.95 Å². The second-order valence-electron chi connectivity index (χ2n) is 15.6. The molecule has 284 valence electrons. The lowest BCUT2D eigenvalue weighted by Crippen LogP contribution is -2.08. The Morgan fingerprint density at radius 3 is 1.61 bits per heavy atom. The van der Waals surface area contributed by atoms with Crippen LogP contribution in [0.25, 0.3) is 122 Å². The third-order valence-corrected chi connectivity index (χ3v) is 12.2. The maximum absolute atomic E-state index is 6.95. The van der Waals surface area contributed by atoms with Crippen molar-refractivity contribution in [2.24, 2.45) is 0 Å². The van der Waals surface area contributed by atoms with Crippen molar-refractivity contribution >= 4 is 76.3 Å². The predicted octanol–water partition coefficient (Wildman–Crippen LogP) is 14.1. The van der Waals surface area contributed by atoms with Crippen LogP contribution in [0.3, 0.4) is 0 Å². The minimum absolute atomic E-state index is 0.536. The Morgan fingerprint density at radius 1 is 0.344 bits per heavy atom. The average molecular weight is 780 g/mol. The van der Waals surface area contributed by atoms with Crippen molar-refractivity contribution in [3.63, 3.8) is 0 Å². The second-order valence-corrected chi connectivity index (χ2v) is 15.6. The Hall–Kier alpha value is -8.35. The molecule has 6 heteroatoms. The zero-order valence-corrected chi connectivity index (χ0v) is 32.7. The van der Waals surface area contributed by atoms with Gasteiger partial charge < -0.3 is 8.98 Å². The van der Waals surface area contributed by atoms with Gasteiger partial charge in [-0.1, -0.05) is 152 Å². The molecule has 0 aliphatic carbocycles. The van der Waals surface area contributed by atoms with E-state index < -0.39 is 0 Å². The summed E-state index contributed by atoms with van der Waals surface area (Å²) in [6, 6.07) is 70.2. The molecule has 0 spiro atoms. The van der Waals surface area contributed by atoms with Crippen molar-refractivity contribution in [2.75, 3.05) is 0 Å². The average Bonchev–Trinajstić information content (AvgIpc) is 3.98. The lowest BCUT2D eigenvalue weighted by molar-refractivity contribution is 0.666. The van der Waals surface area contributed by atoms with Gasteiger partial charge in [-0.3, -0.25) is 4.57 Å². The molecular weight excluding hydrogens is 747 g/mol. The molecule has 0 atom stereocenters. The van der Waals surface area contributed by atoms with E-state index in [1.54, 1.807) is 0 Å². The van der Waals surface area contributed by atoms with E-state index in [0.717, 1.165) is 98.9 Å². The van der Waals surface area contributed by atoms with Crippen LogP contribution in [0.15, 0.2) is 205 Å². The van der Waals surface area contributed by atoms with Gasteiger partial charge in [0.15, 0.2) is 17.2 Å². The van der Waals surface area contributed by atoms with Crippen LogP contribution in [0.2, 0.25) is 0 Å². The highest BCUT2D eigenvalue weighted by molar-refractivity contribution is 6.17. The van der Waals surface area contributed by atoms with Gasteiger partial charge in [0.25, 0.3) is 0 Å². The number of hydrogen-bond donors (Lipinski definition) is 0. The first kappa shape index (κ1) is 33.6. The molecule has 0 aliphatic rings. The summed E-state index contributed by atoms with van der Waals surface area (Å²) in [5.41, 5.74) is 10.6. The molecule has 61 heavy (non-hydrogen) atoms. The van der Waals surface area contributed by atoms with Crippen molar-refractivity contribution in [2.45, 2.75) is 0 Å². The van der Waals surface area contributed by atoms with Crippen molar-refractivity contribution in [1.82, 2.24) is 24.1 Å². The van der Waals surface area contributed by atoms with E-state index in [1.165, 1.54) is 5.39 Å². The Kier molecular flexibility index (Phi) is 7.21. The molecule has 0 saturated heterocycles. The Balaban J connectivity index is 1.15. The molecule has 0 amide bonds. The fourth-order valence-corrected chi connectivity index (χ4v) is 9.37. The van der Waals surface area contributed by atoms with Crippen molar-refractivity contribution < 1.29 is 4.42 Å². The van der Waals surface area contributed by atoms with Crippen LogP contribution in [0.5, 0.6) is 0 Å². The lowest BCUT2D eigenvalue weighted by atomic mass is 10.0. The molecule has 0 bridgehead atoms. The third-order valence-electron chi connectivity index (χ3n) is 12.2. The number of rotatable bonds is 5. The van der Waals surface area contributed by atoms with Crippen LogP contribution in [0.1, 0.15) is 0 Å². The first-order valence-corrected chi connectivity index (χ1v) is 20.5. The maximum Gasteiger partial charge on any atom is 0.238 e. The molecule has 13 rings (SSSR count). The van der Waals surface area contributed by atoms with Crippen LogP contribution < -0.4 is 0 Å². The molecule has 9 aromatic carbocycles. The summed E-state index contributed by atoms with van der Waals surface area (Å²) in [7, 11) is 0. The summed E-state index contributed by atoms with van der Waals surface area (Å²) in [6.07, 6.45) is 0. The van der Waals surface area contributed by atoms with Crippen LogP contribution in [0.4, 0.5) is 0 Å². The van der Waals surface area contributed by atoms with E-state index in [0.29, 0.717) is 17.6 Å². The second kappa shape index (κ2) is 13.1. The number of furan rings is 1. The molecule has 0 radical (unpaired) electrons. The summed E-state index contributed by atoms with van der Waals surface area (Å²) in [6.45, 7) is 0. The van der Waals surface area contributed by atoms with Crippen LogP contribution in [-0.2, 0) is 0 Å². The van der Waals surface area contributed by atoms with Gasteiger partial charge in [0.05, 0.1) is 22.1 Å². The fourth-order valence-electron chi connectivity index (χ4n) is 9.37. The molecule has 0 fully saturated rings.